The molecule has 1 amide bonds. The number of hydrogen-bond donors (Lipinski definition) is 1. The molecule has 0 spiro atoms. The maximum absolute atomic E-state index is 12.0. The van der Waals surface area contributed by atoms with Crippen molar-refractivity contribution in [1.29, 1.82) is 0 Å². The standard InChI is InChI=1S/C17H15Cl2NO/c1-9-6-10(2)16-12(8-15(21)20-14(16)7-9)11-4-3-5-13(18)17(11)19/h3-7,12H,8H2,1-2H3,(H,20,21). The molecule has 2 aromatic carbocycles. The van der Waals surface area contributed by atoms with Crippen molar-refractivity contribution < 1.29 is 4.79 Å². The van der Waals surface area contributed by atoms with Crippen molar-refractivity contribution >= 4 is 34.8 Å². The average Bonchev–Trinajstić information content (AvgIpc) is 2.40. The molecule has 21 heavy (non-hydrogen) atoms. The van der Waals surface area contributed by atoms with Gasteiger partial charge >= 0.3 is 0 Å². The molecule has 108 valence electrons. The first-order valence-corrected chi connectivity index (χ1v) is 7.58. The van der Waals surface area contributed by atoms with E-state index in [9.17, 15) is 4.79 Å². The number of benzene rings is 2. The minimum atomic E-state index is -0.0550. The van der Waals surface area contributed by atoms with Crippen LogP contribution in [0.2, 0.25) is 10.0 Å². The molecule has 1 atom stereocenters. The Bertz CT molecular complexity index is 740. The van der Waals surface area contributed by atoms with Gasteiger partial charge in [-0.3, -0.25) is 4.79 Å². The second-order valence-corrected chi connectivity index (χ2v) is 6.28. The molecule has 1 heterocycles. The van der Waals surface area contributed by atoms with E-state index in [-0.39, 0.29) is 11.8 Å². The van der Waals surface area contributed by atoms with Gasteiger partial charge in [-0.05, 0) is 48.2 Å². The highest BCUT2D eigenvalue weighted by Gasteiger charge is 2.29. The lowest BCUT2D eigenvalue weighted by atomic mass is 9.82. The first kappa shape index (κ1) is 14.4. The molecule has 4 heteroatoms. The highest BCUT2D eigenvalue weighted by Crippen LogP contribution is 2.43. The average molecular weight is 320 g/mol. The number of hydrogen-bond acceptors (Lipinski definition) is 1. The number of aryl methyl sites for hydroxylation is 2. The lowest BCUT2D eigenvalue weighted by Gasteiger charge is -2.29. The maximum Gasteiger partial charge on any atom is 0.225 e. The van der Waals surface area contributed by atoms with Crippen LogP contribution in [0.3, 0.4) is 0 Å². The Hall–Kier alpha value is -1.51. The van der Waals surface area contributed by atoms with Crippen molar-refractivity contribution in [2.75, 3.05) is 5.32 Å². The molecule has 2 aromatic rings. The molecule has 1 aliphatic rings. The number of fused-ring (bicyclic) bond motifs is 1. The van der Waals surface area contributed by atoms with Crippen LogP contribution in [-0.4, -0.2) is 5.91 Å². The molecule has 0 radical (unpaired) electrons. The Labute approximate surface area is 134 Å². The van der Waals surface area contributed by atoms with E-state index in [1.54, 1.807) is 6.07 Å². The molecule has 1 N–H and O–H groups in total. The van der Waals surface area contributed by atoms with Gasteiger partial charge in [-0.2, -0.15) is 0 Å². The van der Waals surface area contributed by atoms with E-state index in [2.05, 4.69) is 18.3 Å². The zero-order chi connectivity index (χ0) is 15.1. The van der Waals surface area contributed by atoms with Crippen molar-refractivity contribution in [3.8, 4) is 0 Å². The van der Waals surface area contributed by atoms with E-state index in [1.165, 1.54) is 0 Å². The number of nitrogens with one attached hydrogen (secondary N) is 1. The van der Waals surface area contributed by atoms with Crippen LogP contribution in [0.4, 0.5) is 5.69 Å². The third kappa shape index (κ3) is 2.54. The van der Waals surface area contributed by atoms with Gasteiger partial charge in [0.2, 0.25) is 5.91 Å². The van der Waals surface area contributed by atoms with Gasteiger partial charge in [0.05, 0.1) is 10.0 Å². The van der Waals surface area contributed by atoms with Gasteiger partial charge in [0, 0.05) is 18.0 Å². The quantitative estimate of drug-likeness (QED) is 0.779. The van der Waals surface area contributed by atoms with E-state index < -0.39 is 0 Å². The van der Waals surface area contributed by atoms with Crippen LogP contribution >= 0.6 is 23.2 Å². The fourth-order valence-electron chi connectivity index (χ4n) is 3.09. The van der Waals surface area contributed by atoms with Crippen LogP contribution in [0, 0.1) is 13.8 Å². The van der Waals surface area contributed by atoms with E-state index in [4.69, 9.17) is 23.2 Å². The predicted octanol–water partition coefficient (Wildman–Crippen LogP) is 5.08. The Morgan fingerprint density at radius 3 is 2.71 bits per heavy atom. The lowest BCUT2D eigenvalue weighted by Crippen LogP contribution is -2.24. The Morgan fingerprint density at radius 1 is 1.19 bits per heavy atom. The fraction of sp³-hybridized carbons (Fsp3) is 0.235. The number of halogens is 2. The van der Waals surface area contributed by atoms with Crippen molar-refractivity contribution in [3.63, 3.8) is 0 Å². The largest absolute Gasteiger partial charge is 0.326 e. The van der Waals surface area contributed by atoms with Crippen LogP contribution in [0.5, 0.6) is 0 Å². The van der Waals surface area contributed by atoms with Gasteiger partial charge in [-0.15, -0.1) is 0 Å². The fourth-order valence-corrected chi connectivity index (χ4v) is 3.53. The summed E-state index contributed by atoms with van der Waals surface area (Å²) < 4.78 is 0. The lowest BCUT2D eigenvalue weighted by molar-refractivity contribution is -0.116. The SMILES string of the molecule is Cc1cc(C)c2c(c1)NC(=O)CC2c1cccc(Cl)c1Cl. The topological polar surface area (TPSA) is 29.1 Å². The monoisotopic (exact) mass is 319 g/mol. The molecule has 0 fully saturated rings. The normalized spacial score (nSPS) is 17.3. The first-order chi connectivity index (χ1) is 9.97. The summed E-state index contributed by atoms with van der Waals surface area (Å²) in [5.74, 6) is -0.0471. The summed E-state index contributed by atoms with van der Waals surface area (Å²) in [6.07, 6.45) is 0.386. The minimum Gasteiger partial charge on any atom is -0.326 e. The van der Waals surface area contributed by atoms with Crippen LogP contribution in [0.1, 0.15) is 34.6 Å². The summed E-state index contributed by atoms with van der Waals surface area (Å²) in [4.78, 5) is 12.0. The molecule has 0 saturated carbocycles. The summed E-state index contributed by atoms with van der Waals surface area (Å²) >= 11 is 12.5. The first-order valence-electron chi connectivity index (χ1n) is 6.82. The summed E-state index contributed by atoms with van der Waals surface area (Å²) in [5.41, 5.74) is 5.21. The molecular weight excluding hydrogens is 305 g/mol. The van der Waals surface area contributed by atoms with Crippen molar-refractivity contribution in [2.45, 2.75) is 26.2 Å². The van der Waals surface area contributed by atoms with E-state index in [0.717, 1.165) is 27.9 Å². The summed E-state index contributed by atoms with van der Waals surface area (Å²) in [5, 5.41) is 4.01. The zero-order valence-corrected chi connectivity index (χ0v) is 13.3. The number of rotatable bonds is 1. The second-order valence-electron chi connectivity index (χ2n) is 5.49. The second kappa shape index (κ2) is 5.36. The van der Waals surface area contributed by atoms with E-state index in [1.807, 2.05) is 25.1 Å². The molecule has 3 rings (SSSR count). The number of anilines is 1. The molecule has 0 aliphatic carbocycles. The van der Waals surface area contributed by atoms with Gasteiger partial charge in [-0.25, -0.2) is 0 Å². The van der Waals surface area contributed by atoms with Crippen LogP contribution < -0.4 is 5.32 Å². The van der Waals surface area contributed by atoms with Crippen LogP contribution in [-0.2, 0) is 4.79 Å². The van der Waals surface area contributed by atoms with Crippen molar-refractivity contribution in [3.05, 3.63) is 62.6 Å². The van der Waals surface area contributed by atoms with E-state index in [0.29, 0.717) is 16.5 Å². The smallest absolute Gasteiger partial charge is 0.225 e. The number of carbonyl (C=O) groups excluding carboxylic acids is 1. The maximum atomic E-state index is 12.0. The molecule has 0 saturated heterocycles. The predicted molar refractivity (Wildman–Crippen MR) is 87.5 cm³/mol. The minimum absolute atomic E-state index is 0.00791. The molecule has 2 nitrogen and oxygen atoms in total. The van der Waals surface area contributed by atoms with Crippen LogP contribution in [0.25, 0.3) is 0 Å². The molecular formula is C17H15Cl2NO. The Kier molecular flexibility index (Phi) is 3.68. The molecule has 0 bridgehead atoms. The van der Waals surface area contributed by atoms with Gasteiger partial charge in [0.1, 0.15) is 0 Å². The third-order valence-corrected chi connectivity index (χ3v) is 4.73. The molecule has 0 aromatic heterocycles. The summed E-state index contributed by atoms with van der Waals surface area (Å²) in [6.45, 7) is 4.09. The van der Waals surface area contributed by atoms with Gasteiger partial charge in [-0.1, -0.05) is 41.4 Å². The van der Waals surface area contributed by atoms with Gasteiger partial charge in [0.15, 0.2) is 0 Å². The van der Waals surface area contributed by atoms with Gasteiger partial charge < -0.3 is 5.32 Å². The van der Waals surface area contributed by atoms with Crippen LogP contribution in [0.15, 0.2) is 30.3 Å². The van der Waals surface area contributed by atoms with Gasteiger partial charge in [0.25, 0.3) is 0 Å². The summed E-state index contributed by atoms with van der Waals surface area (Å²) in [7, 11) is 0. The zero-order valence-electron chi connectivity index (χ0n) is 11.8. The highest BCUT2D eigenvalue weighted by atomic mass is 35.5. The van der Waals surface area contributed by atoms with Crippen molar-refractivity contribution in [1.82, 2.24) is 0 Å². The Morgan fingerprint density at radius 2 is 1.95 bits per heavy atom. The van der Waals surface area contributed by atoms with Crippen molar-refractivity contribution in [2.24, 2.45) is 0 Å². The third-order valence-electron chi connectivity index (χ3n) is 3.90. The molecule has 1 aliphatic heterocycles. The summed E-state index contributed by atoms with van der Waals surface area (Å²) in [6, 6.07) is 9.71. The van der Waals surface area contributed by atoms with E-state index >= 15 is 0 Å². The Balaban J connectivity index is 2.22. The number of amides is 1. The number of carbonyl (C=O) groups is 1. The highest BCUT2D eigenvalue weighted by molar-refractivity contribution is 6.42. The molecule has 1 unspecified atom stereocenters.